The summed E-state index contributed by atoms with van der Waals surface area (Å²) in [5, 5.41) is 12.9. The van der Waals surface area contributed by atoms with Crippen LogP contribution in [0.4, 0.5) is 0 Å². The Hall–Kier alpha value is -3.48. The molecule has 0 radical (unpaired) electrons. The number of benzene rings is 1. The van der Waals surface area contributed by atoms with E-state index >= 15 is 0 Å². The molecule has 0 saturated heterocycles. The molecule has 0 bridgehead atoms. The summed E-state index contributed by atoms with van der Waals surface area (Å²) in [6.45, 7) is 5.02. The Morgan fingerprint density at radius 3 is 2.65 bits per heavy atom. The maximum Gasteiger partial charge on any atom is 0.252 e. The molecule has 0 spiro atoms. The van der Waals surface area contributed by atoms with E-state index in [-0.39, 0.29) is 5.91 Å². The molecule has 1 aliphatic rings. The van der Waals surface area contributed by atoms with Gasteiger partial charge in [0.2, 0.25) is 0 Å². The molecular formula is C24H26N6O. The lowest BCUT2D eigenvalue weighted by atomic mass is 10.1. The van der Waals surface area contributed by atoms with Gasteiger partial charge in [-0.1, -0.05) is 30.3 Å². The van der Waals surface area contributed by atoms with Gasteiger partial charge in [0.25, 0.3) is 5.91 Å². The van der Waals surface area contributed by atoms with Crippen LogP contribution in [0.2, 0.25) is 0 Å². The minimum Gasteiger partial charge on any atom is -0.348 e. The molecule has 0 aliphatic heterocycles. The number of aromatic nitrogens is 5. The van der Waals surface area contributed by atoms with Gasteiger partial charge in [0.15, 0.2) is 5.65 Å². The first-order valence-electron chi connectivity index (χ1n) is 10.7. The summed E-state index contributed by atoms with van der Waals surface area (Å²) in [6.07, 6.45) is 4.05. The van der Waals surface area contributed by atoms with Gasteiger partial charge in [-0.15, -0.1) is 0 Å². The van der Waals surface area contributed by atoms with Crippen LogP contribution in [0.1, 0.15) is 57.3 Å². The molecular weight excluding hydrogens is 388 g/mol. The number of carbonyl (C=O) groups is 1. The topological polar surface area (TPSA) is 77.6 Å². The number of fused-ring (bicyclic) bond motifs is 1. The summed E-state index contributed by atoms with van der Waals surface area (Å²) >= 11 is 0. The first-order chi connectivity index (χ1) is 15.0. The van der Waals surface area contributed by atoms with E-state index < -0.39 is 0 Å². The van der Waals surface area contributed by atoms with E-state index in [1.165, 1.54) is 0 Å². The van der Waals surface area contributed by atoms with Crippen molar-refractivity contribution in [3.8, 4) is 0 Å². The maximum atomic E-state index is 13.3. The molecule has 0 unspecified atom stereocenters. The molecule has 31 heavy (non-hydrogen) atoms. The third-order valence-corrected chi connectivity index (χ3v) is 6.09. The van der Waals surface area contributed by atoms with Gasteiger partial charge in [-0.2, -0.15) is 10.2 Å². The zero-order valence-corrected chi connectivity index (χ0v) is 18.1. The Morgan fingerprint density at radius 2 is 1.97 bits per heavy atom. The SMILES string of the molecule is Cc1nn(Cc2ccccc2)c2nc(C3CC3)cc(C(=O)NCc3cnn(C)c3C)c12. The van der Waals surface area contributed by atoms with Gasteiger partial charge in [-0.05, 0) is 38.3 Å². The fraction of sp³-hybridized carbons (Fsp3) is 0.333. The van der Waals surface area contributed by atoms with Crippen molar-refractivity contribution in [1.82, 2.24) is 29.9 Å². The molecule has 5 rings (SSSR count). The largest absolute Gasteiger partial charge is 0.348 e. The standard InChI is InChI=1S/C24H26N6O/c1-15-22-20(24(31)25-12-19-13-26-29(3)16(19)2)11-21(18-9-10-18)27-23(22)30(28-15)14-17-7-5-4-6-8-17/h4-8,11,13,18H,9-10,12,14H2,1-3H3,(H,25,31). The van der Waals surface area contributed by atoms with Gasteiger partial charge in [0.05, 0.1) is 29.4 Å². The molecule has 1 N–H and O–H groups in total. The summed E-state index contributed by atoms with van der Waals surface area (Å²) in [7, 11) is 1.90. The first-order valence-corrected chi connectivity index (χ1v) is 10.7. The third kappa shape index (κ3) is 3.71. The van der Waals surface area contributed by atoms with Gasteiger partial charge < -0.3 is 5.32 Å². The van der Waals surface area contributed by atoms with Crippen LogP contribution in [0.5, 0.6) is 0 Å². The molecule has 1 aromatic carbocycles. The summed E-state index contributed by atoms with van der Waals surface area (Å²) in [5.41, 5.74) is 6.47. The number of hydrogen-bond acceptors (Lipinski definition) is 4. The number of pyridine rings is 1. The maximum absolute atomic E-state index is 13.3. The van der Waals surface area contributed by atoms with Crippen molar-refractivity contribution in [2.75, 3.05) is 0 Å². The number of carbonyl (C=O) groups excluding carboxylic acids is 1. The van der Waals surface area contributed by atoms with Crippen molar-refractivity contribution in [3.05, 3.63) is 76.4 Å². The van der Waals surface area contributed by atoms with E-state index in [1.807, 2.05) is 54.5 Å². The van der Waals surface area contributed by atoms with Gasteiger partial charge >= 0.3 is 0 Å². The minimum atomic E-state index is -0.0973. The van der Waals surface area contributed by atoms with E-state index in [1.54, 1.807) is 6.20 Å². The Morgan fingerprint density at radius 1 is 1.19 bits per heavy atom. The van der Waals surface area contributed by atoms with Crippen molar-refractivity contribution >= 4 is 16.9 Å². The fourth-order valence-electron chi connectivity index (χ4n) is 4.00. The van der Waals surface area contributed by atoms with Crippen LogP contribution >= 0.6 is 0 Å². The lowest BCUT2D eigenvalue weighted by Gasteiger charge is -2.10. The van der Waals surface area contributed by atoms with Crippen LogP contribution in [0.3, 0.4) is 0 Å². The van der Waals surface area contributed by atoms with Crippen molar-refractivity contribution in [3.63, 3.8) is 0 Å². The second-order valence-electron chi connectivity index (χ2n) is 8.36. The number of rotatable bonds is 6. The Bertz CT molecular complexity index is 1270. The van der Waals surface area contributed by atoms with E-state index in [0.717, 1.165) is 52.1 Å². The molecule has 1 aliphatic carbocycles. The molecule has 4 aromatic rings. The van der Waals surface area contributed by atoms with Gasteiger partial charge in [-0.25, -0.2) is 9.67 Å². The number of nitrogens with zero attached hydrogens (tertiary/aromatic N) is 5. The Labute approximate surface area is 181 Å². The molecule has 7 nitrogen and oxygen atoms in total. The fourth-order valence-corrected chi connectivity index (χ4v) is 4.00. The highest BCUT2D eigenvalue weighted by Gasteiger charge is 2.28. The summed E-state index contributed by atoms with van der Waals surface area (Å²) in [5.74, 6) is 0.344. The normalized spacial score (nSPS) is 13.6. The number of hydrogen-bond donors (Lipinski definition) is 1. The van der Waals surface area contributed by atoms with Crippen molar-refractivity contribution in [1.29, 1.82) is 0 Å². The van der Waals surface area contributed by atoms with Gasteiger partial charge in [0, 0.05) is 36.5 Å². The molecule has 7 heteroatoms. The van der Waals surface area contributed by atoms with E-state index in [0.29, 0.717) is 24.6 Å². The third-order valence-electron chi connectivity index (χ3n) is 6.09. The molecule has 1 amide bonds. The smallest absolute Gasteiger partial charge is 0.252 e. The molecule has 158 valence electrons. The highest BCUT2D eigenvalue weighted by Crippen LogP contribution is 2.40. The predicted molar refractivity (Wildman–Crippen MR) is 119 cm³/mol. The summed E-state index contributed by atoms with van der Waals surface area (Å²) in [4.78, 5) is 18.2. The monoisotopic (exact) mass is 414 g/mol. The molecule has 1 fully saturated rings. The Kier molecular flexibility index (Phi) is 4.81. The van der Waals surface area contributed by atoms with Crippen LogP contribution in [-0.4, -0.2) is 30.5 Å². The zero-order valence-electron chi connectivity index (χ0n) is 18.1. The molecule has 0 atom stereocenters. The highest BCUT2D eigenvalue weighted by molar-refractivity contribution is 6.06. The number of aryl methyl sites for hydroxylation is 2. The predicted octanol–water partition coefficient (Wildman–Crippen LogP) is 3.64. The second-order valence-corrected chi connectivity index (χ2v) is 8.36. The van der Waals surface area contributed by atoms with Crippen LogP contribution in [0.15, 0.2) is 42.6 Å². The van der Waals surface area contributed by atoms with Crippen LogP contribution in [-0.2, 0) is 20.1 Å². The molecule has 3 aromatic heterocycles. The van der Waals surface area contributed by atoms with Gasteiger partial charge in [0.1, 0.15) is 0 Å². The average molecular weight is 415 g/mol. The van der Waals surface area contributed by atoms with Crippen molar-refractivity contribution in [2.45, 2.75) is 45.7 Å². The quantitative estimate of drug-likeness (QED) is 0.523. The second kappa shape index (κ2) is 7.65. The van der Waals surface area contributed by atoms with Gasteiger partial charge in [-0.3, -0.25) is 9.48 Å². The van der Waals surface area contributed by atoms with Crippen molar-refractivity contribution in [2.24, 2.45) is 7.05 Å². The van der Waals surface area contributed by atoms with Crippen LogP contribution in [0.25, 0.3) is 11.0 Å². The lowest BCUT2D eigenvalue weighted by molar-refractivity contribution is 0.0952. The minimum absolute atomic E-state index is 0.0973. The first kappa shape index (κ1) is 19.5. The van der Waals surface area contributed by atoms with E-state index in [2.05, 4.69) is 22.5 Å². The van der Waals surface area contributed by atoms with Crippen molar-refractivity contribution < 1.29 is 4.79 Å². The Balaban J connectivity index is 1.52. The number of nitrogens with one attached hydrogen (secondary N) is 1. The molecule has 3 heterocycles. The van der Waals surface area contributed by atoms with Crippen LogP contribution in [0, 0.1) is 13.8 Å². The highest BCUT2D eigenvalue weighted by atomic mass is 16.1. The lowest BCUT2D eigenvalue weighted by Crippen LogP contribution is -2.23. The van der Waals surface area contributed by atoms with E-state index in [4.69, 9.17) is 10.1 Å². The summed E-state index contributed by atoms with van der Waals surface area (Å²) < 4.78 is 3.74. The zero-order chi connectivity index (χ0) is 21.5. The summed E-state index contributed by atoms with van der Waals surface area (Å²) in [6, 6.07) is 12.2. The average Bonchev–Trinajstić information content (AvgIpc) is 3.52. The number of amides is 1. The van der Waals surface area contributed by atoms with E-state index in [9.17, 15) is 4.79 Å². The van der Waals surface area contributed by atoms with Crippen LogP contribution < -0.4 is 5.32 Å². The molecule has 1 saturated carbocycles.